The predicted molar refractivity (Wildman–Crippen MR) is 54.2 cm³/mol. The molecule has 1 aliphatic heterocycles. The molecule has 1 saturated heterocycles. The molecule has 0 saturated carbocycles. The van der Waals surface area contributed by atoms with Gasteiger partial charge in [-0.3, -0.25) is 0 Å². The van der Waals surface area contributed by atoms with Crippen LogP contribution in [-0.4, -0.2) is 13.1 Å². The minimum absolute atomic E-state index is 0.252. The molecule has 0 radical (unpaired) electrons. The van der Waals surface area contributed by atoms with Gasteiger partial charge in [0.05, 0.1) is 6.07 Å². The Bertz CT molecular complexity index is 205. The molecule has 2 nitrogen and oxygen atoms in total. The van der Waals surface area contributed by atoms with E-state index in [1.165, 1.54) is 0 Å². The van der Waals surface area contributed by atoms with Crippen molar-refractivity contribution < 1.29 is 0 Å². The molecule has 2 heteroatoms. The van der Waals surface area contributed by atoms with Crippen molar-refractivity contribution in [2.75, 3.05) is 13.1 Å². The van der Waals surface area contributed by atoms with Gasteiger partial charge in [-0.25, -0.2) is 0 Å². The number of hydrogen-bond acceptors (Lipinski definition) is 2. The summed E-state index contributed by atoms with van der Waals surface area (Å²) in [5, 5.41) is 12.4. The Kier molecular flexibility index (Phi) is 3.33. The normalized spacial score (nSPS) is 35.5. The van der Waals surface area contributed by atoms with E-state index in [1.807, 2.05) is 0 Å². The number of nitrogens with zero attached hydrogens (tertiary/aromatic N) is 1. The van der Waals surface area contributed by atoms with Gasteiger partial charge >= 0.3 is 0 Å². The third kappa shape index (κ3) is 2.45. The first kappa shape index (κ1) is 10.5. The topological polar surface area (TPSA) is 35.8 Å². The molecule has 2 atom stereocenters. The van der Waals surface area contributed by atoms with Crippen LogP contribution in [0.25, 0.3) is 0 Å². The average Bonchev–Trinajstić information content (AvgIpc) is 2.28. The van der Waals surface area contributed by atoms with Crippen molar-refractivity contribution in [3.05, 3.63) is 0 Å². The summed E-state index contributed by atoms with van der Waals surface area (Å²) >= 11 is 0. The van der Waals surface area contributed by atoms with Crippen molar-refractivity contribution in [2.24, 2.45) is 17.3 Å². The van der Waals surface area contributed by atoms with Gasteiger partial charge in [0, 0.05) is 12.5 Å². The van der Waals surface area contributed by atoms with E-state index in [4.69, 9.17) is 5.26 Å². The van der Waals surface area contributed by atoms with Gasteiger partial charge in [0.25, 0.3) is 0 Å². The maximum atomic E-state index is 8.95. The molecule has 0 aromatic carbocycles. The Morgan fingerprint density at radius 2 is 2.23 bits per heavy atom. The van der Waals surface area contributed by atoms with Crippen LogP contribution in [0, 0.1) is 28.6 Å². The fourth-order valence-corrected chi connectivity index (χ4v) is 1.94. The highest BCUT2D eigenvalue weighted by Gasteiger charge is 2.32. The number of rotatable bonds is 1. The smallest absolute Gasteiger partial charge is 0.0656 e. The highest BCUT2D eigenvalue weighted by atomic mass is 14.9. The van der Waals surface area contributed by atoms with Crippen LogP contribution in [0.1, 0.15) is 33.6 Å². The lowest BCUT2D eigenvalue weighted by Gasteiger charge is -2.33. The maximum absolute atomic E-state index is 8.95. The van der Waals surface area contributed by atoms with Crippen molar-refractivity contribution in [2.45, 2.75) is 33.6 Å². The van der Waals surface area contributed by atoms with E-state index in [9.17, 15) is 0 Å². The molecule has 2 unspecified atom stereocenters. The molecule has 1 aliphatic rings. The highest BCUT2D eigenvalue weighted by Crippen LogP contribution is 2.35. The summed E-state index contributed by atoms with van der Waals surface area (Å²) in [6.45, 7) is 8.85. The van der Waals surface area contributed by atoms with Crippen molar-refractivity contribution >= 4 is 0 Å². The SMILES string of the molecule is CC(C)C1(C)CNCCC(C#N)C1. The Labute approximate surface area is 81.3 Å². The quantitative estimate of drug-likeness (QED) is 0.671. The third-order valence-electron chi connectivity index (χ3n) is 3.49. The van der Waals surface area contributed by atoms with Crippen LogP contribution in [0.3, 0.4) is 0 Å². The van der Waals surface area contributed by atoms with Crippen LogP contribution >= 0.6 is 0 Å². The van der Waals surface area contributed by atoms with Crippen LogP contribution in [0.15, 0.2) is 0 Å². The van der Waals surface area contributed by atoms with Crippen LogP contribution < -0.4 is 5.32 Å². The van der Waals surface area contributed by atoms with Crippen LogP contribution in [-0.2, 0) is 0 Å². The molecule has 1 heterocycles. The van der Waals surface area contributed by atoms with E-state index in [2.05, 4.69) is 32.2 Å². The van der Waals surface area contributed by atoms with Gasteiger partial charge in [0.1, 0.15) is 0 Å². The Morgan fingerprint density at radius 1 is 1.54 bits per heavy atom. The van der Waals surface area contributed by atoms with Crippen LogP contribution in [0.4, 0.5) is 0 Å². The summed E-state index contributed by atoms with van der Waals surface area (Å²) in [4.78, 5) is 0. The molecule has 0 spiro atoms. The standard InChI is InChI=1S/C11H20N2/c1-9(2)11(3)6-10(7-12)4-5-13-8-11/h9-10,13H,4-6,8H2,1-3H3. The van der Waals surface area contributed by atoms with Crippen molar-refractivity contribution in [3.63, 3.8) is 0 Å². The number of nitrogens with one attached hydrogen (secondary N) is 1. The van der Waals surface area contributed by atoms with Crippen LogP contribution in [0.5, 0.6) is 0 Å². The molecule has 0 bridgehead atoms. The maximum Gasteiger partial charge on any atom is 0.0656 e. The summed E-state index contributed by atoms with van der Waals surface area (Å²) in [6, 6.07) is 2.41. The minimum Gasteiger partial charge on any atom is -0.316 e. The van der Waals surface area contributed by atoms with Gasteiger partial charge in [-0.05, 0) is 30.7 Å². The van der Waals surface area contributed by atoms with Gasteiger partial charge in [-0.15, -0.1) is 0 Å². The summed E-state index contributed by atoms with van der Waals surface area (Å²) in [5.74, 6) is 0.899. The minimum atomic E-state index is 0.252. The average molecular weight is 180 g/mol. The Hall–Kier alpha value is -0.550. The first-order valence-corrected chi connectivity index (χ1v) is 5.19. The molecule has 1 rings (SSSR count). The lowest BCUT2D eigenvalue weighted by Crippen LogP contribution is -2.34. The third-order valence-corrected chi connectivity index (χ3v) is 3.49. The Balaban J connectivity index is 2.69. The second-order valence-electron chi connectivity index (χ2n) is 4.80. The lowest BCUT2D eigenvalue weighted by molar-refractivity contribution is 0.188. The van der Waals surface area contributed by atoms with E-state index in [1.54, 1.807) is 0 Å². The van der Waals surface area contributed by atoms with E-state index in [0.29, 0.717) is 11.3 Å². The zero-order valence-corrected chi connectivity index (χ0v) is 8.93. The molecule has 13 heavy (non-hydrogen) atoms. The monoisotopic (exact) mass is 180 g/mol. The summed E-state index contributed by atoms with van der Waals surface area (Å²) < 4.78 is 0. The fourth-order valence-electron chi connectivity index (χ4n) is 1.94. The van der Waals surface area contributed by atoms with E-state index in [-0.39, 0.29) is 5.92 Å². The van der Waals surface area contributed by atoms with E-state index >= 15 is 0 Å². The highest BCUT2D eigenvalue weighted by molar-refractivity contribution is 4.93. The van der Waals surface area contributed by atoms with Gasteiger partial charge in [0.15, 0.2) is 0 Å². The molecule has 0 aromatic heterocycles. The second kappa shape index (κ2) is 4.11. The zero-order valence-electron chi connectivity index (χ0n) is 8.93. The van der Waals surface area contributed by atoms with Crippen molar-refractivity contribution in [3.8, 4) is 6.07 Å². The molecular weight excluding hydrogens is 160 g/mol. The van der Waals surface area contributed by atoms with E-state index in [0.717, 1.165) is 25.9 Å². The second-order valence-corrected chi connectivity index (χ2v) is 4.80. The largest absolute Gasteiger partial charge is 0.316 e. The molecular formula is C11H20N2. The molecule has 74 valence electrons. The molecule has 0 aliphatic carbocycles. The number of hydrogen-bond donors (Lipinski definition) is 1. The van der Waals surface area contributed by atoms with E-state index < -0.39 is 0 Å². The van der Waals surface area contributed by atoms with Gasteiger partial charge < -0.3 is 5.32 Å². The molecule has 1 N–H and O–H groups in total. The van der Waals surface area contributed by atoms with Crippen LogP contribution in [0.2, 0.25) is 0 Å². The summed E-state index contributed by atoms with van der Waals surface area (Å²) in [6.07, 6.45) is 2.06. The Morgan fingerprint density at radius 3 is 2.77 bits per heavy atom. The number of nitriles is 1. The fraction of sp³-hybridized carbons (Fsp3) is 0.909. The molecule has 0 aromatic rings. The lowest BCUT2D eigenvalue weighted by atomic mass is 9.73. The van der Waals surface area contributed by atoms with Gasteiger partial charge in [0.2, 0.25) is 0 Å². The predicted octanol–water partition coefficient (Wildman–Crippen LogP) is 2.17. The molecule has 1 fully saturated rings. The zero-order chi connectivity index (χ0) is 9.90. The summed E-state index contributed by atoms with van der Waals surface area (Å²) in [7, 11) is 0. The first-order valence-electron chi connectivity index (χ1n) is 5.19. The molecule has 0 amide bonds. The summed E-state index contributed by atoms with van der Waals surface area (Å²) in [5.41, 5.74) is 0.302. The van der Waals surface area contributed by atoms with Gasteiger partial charge in [-0.2, -0.15) is 5.26 Å². The van der Waals surface area contributed by atoms with Crippen molar-refractivity contribution in [1.29, 1.82) is 5.26 Å². The van der Waals surface area contributed by atoms with Gasteiger partial charge in [-0.1, -0.05) is 20.8 Å². The van der Waals surface area contributed by atoms with Crippen molar-refractivity contribution in [1.82, 2.24) is 5.32 Å². The first-order chi connectivity index (χ1) is 6.08.